The van der Waals surface area contributed by atoms with Gasteiger partial charge in [0, 0.05) is 43.6 Å². The topological polar surface area (TPSA) is 48.4 Å². The number of benzene rings is 2. The monoisotopic (exact) mass is 293 g/mol. The van der Waals surface area contributed by atoms with Gasteiger partial charge in [0.15, 0.2) is 0 Å². The Bertz CT molecular complexity index is 782. The molecule has 0 fully saturated rings. The summed E-state index contributed by atoms with van der Waals surface area (Å²) in [4.78, 5) is 6.32. The van der Waals surface area contributed by atoms with Crippen molar-refractivity contribution in [1.82, 2.24) is 4.98 Å². The van der Waals surface area contributed by atoms with E-state index in [0.717, 1.165) is 16.6 Å². The molecule has 0 unspecified atom stereocenters. The van der Waals surface area contributed by atoms with Crippen LogP contribution in [0.5, 0.6) is 5.75 Å². The normalized spacial score (nSPS) is 10.6. The summed E-state index contributed by atoms with van der Waals surface area (Å²) in [5, 5.41) is 14.3. The molecular formula is C18H19N3O. The van der Waals surface area contributed by atoms with Crippen LogP contribution in [-0.2, 0) is 6.54 Å². The molecule has 4 heteroatoms. The molecule has 0 aliphatic carbocycles. The van der Waals surface area contributed by atoms with Gasteiger partial charge in [-0.05, 0) is 42.0 Å². The summed E-state index contributed by atoms with van der Waals surface area (Å²) in [7, 11) is 4.05. The highest BCUT2D eigenvalue weighted by Crippen LogP contribution is 2.26. The van der Waals surface area contributed by atoms with E-state index in [1.807, 2.05) is 32.3 Å². The van der Waals surface area contributed by atoms with Gasteiger partial charge in [-0.25, -0.2) is 0 Å². The quantitative estimate of drug-likeness (QED) is 0.771. The minimum absolute atomic E-state index is 0.217. The lowest BCUT2D eigenvalue weighted by molar-refractivity contribution is 0.480. The van der Waals surface area contributed by atoms with Crippen molar-refractivity contribution in [2.75, 3.05) is 24.3 Å². The molecule has 3 rings (SSSR count). The first-order valence-corrected chi connectivity index (χ1v) is 7.22. The first-order chi connectivity index (χ1) is 10.6. The molecule has 1 heterocycles. The summed E-state index contributed by atoms with van der Waals surface area (Å²) in [6, 6.07) is 15.8. The van der Waals surface area contributed by atoms with E-state index in [9.17, 15) is 5.11 Å². The maximum Gasteiger partial charge on any atom is 0.141 e. The Labute approximate surface area is 130 Å². The molecule has 22 heavy (non-hydrogen) atoms. The number of phenolic OH excluding ortho intramolecular Hbond substituents is 1. The first-order valence-electron chi connectivity index (χ1n) is 7.22. The summed E-state index contributed by atoms with van der Waals surface area (Å²) in [6.07, 6.45) is 1.69. The zero-order valence-electron chi connectivity index (χ0n) is 12.7. The Hall–Kier alpha value is -2.75. The van der Waals surface area contributed by atoms with E-state index < -0.39 is 0 Å². The second-order valence-corrected chi connectivity index (χ2v) is 5.44. The minimum atomic E-state index is 0.217. The summed E-state index contributed by atoms with van der Waals surface area (Å²) in [5.41, 5.74) is 3.99. The first kappa shape index (κ1) is 14.2. The molecule has 0 amide bonds. The molecule has 3 aromatic rings. The molecule has 0 saturated heterocycles. The Morgan fingerprint density at radius 2 is 1.82 bits per heavy atom. The Balaban J connectivity index is 1.81. The number of aromatic hydroxyl groups is 1. The maximum atomic E-state index is 9.88. The summed E-state index contributed by atoms with van der Waals surface area (Å²) in [5.74, 6) is 0.217. The highest BCUT2D eigenvalue weighted by atomic mass is 16.3. The SMILES string of the molecule is CN(C)c1ccc(NCc2ccc(O)c3ncccc23)cc1. The highest BCUT2D eigenvalue weighted by Gasteiger charge is 2.06. The van der Waals surface area contributed by atoms with Crippen LogP contribution in [0.2, 0.25) is 0 Å². The maximum absolute atomic E-state index is 9.88. The van der Waals surface area contributed by atoms with Crippen LogP contribution in [0.15, 0.2) is 54.7 Å². The summed E-state index contributed by atoms with van der Waals surface area (Å²) in [6.45, 7) is 0.684. The third-order valence-electron chi connectivity index (χ3n) is 3.71. The van der Waals surface area contributed by atoms with Gasteiger partial charge in [-0.1, -0.05) is 12.1 Å². The molecule has 1 aromatic heterocycles. The summed E-state index contributed by atoms with van der Waals surface area (Å²) < 4.78 is 0. The number of rotatable bonds is 4. The van der Waals surface area contributed by atoms with Crippen LogP contribution < -0.4 is 10.2 Å². The van der Waals surface area contributed by atoms with Crippen LogP contribution >= 0.6 is 0 Å². The zero-order chi connectivity index (χ0) is 15.5. The van der Waals surface area contributed by atoms with Crippen molar-refractivity contribution >= 4 is 22.3 Å². The van der Waals surface area contributed by atoms with Gasteiger partial charge in [-0.2, -0.15) is 0 Å². The number of hydrogen-bond donors (Lipinski definition) is 2. The lowest BCUT2D eigenvalue weighted by atomic mass is 10.1. The molecule has 0 aliphatic heterocycles. The number of hydrogen-bond acceptors (Lipinski definition) is 4. The number of anilines is 2. The minimum Gasteiger partial charge on any atom is -0.506 e. The lowest BCUT2D eigenvalue weighted by Crippen LogP contribution is -2.08. The van der Waals surface area contributed by atoms with Gasteiger partial charge in [-0.3, -0.25) is 4.98 Å². The van der Waals surface area contributed by atoms with E-state index >= 15 is 0 Å². The van der Waals surface area contributed by atoms with Crippen molar-refractivity contribution < 1.29 is 5.11 Å². The second-order valence-electron chi connectivity index (χ2n) is 5.44. The van der Waals surface area contributed by atoms with Gasteiger partial charge in [0.1, 0.15) is 11.3 Å². The molecule has 0 radical (unpaired) electrons. The lowest BCUT2D eigenvalue weighted by Gasteiger charge is -2.14. The van der Waals surface area contributed by atoms with Crippen molar-refractivity contribution in [2.24, 2.45) is 0 Å². The molecule has 0 spiro atoms. The van der Waals surface area contributed by atoms with Gasteiger partial charge in [0.2, 0.25) is 0 Å². The number of phenols is 1. The second kappa shape index (κ2) is 5.93. The number of nitrogens with zero attached hydrogens (tertiary/aromatic N) is 2. The van der Waals surface area contributed by atoms with Crippen LogP contribution in [0.25, 0.3) is 10.9 Å². The fraction of sp³-hybridized carbons (Fsp3) is 0.167. The largest absolute Gasteiger partial charge is 0.506 e. The molecule has 2 aromatic carbocycles. The van der Waals surface area contributed by atoms with Crippen LogP contribution in [0.1, 0.15) is 5.56 Å². The van der Waals surface area contributed by atoms with Crippen LogP contribution in [-0.4, -0.2) is 24.2 Å². The van der Waals surface area contributed by atoms with Gasteiger partial charge >= 0.3 is 0 Å². The van der Waals surface area contributed by atoms with Gasteiger partial charge in [-0.15, -0.1) is 0 Å². The van der Waals surface area contributed by atoms with Crippen LogP contribution in [0.4, 0.5) is 11.4 Å². The molecule has 0 saturated carbocycles. The Morgan fingerprint density at radius 1 is 1.05 bits per heavy atom. The van der Waals surface area contributed by atoms with Gasteiger partial charge < -0.3 is 15.3 Å². The third-order valence-corrected chi connectivity index (χ3v) is 3.71. The van der Waals surface area contributed by atoms with Crippen molar-refractivity contribution in [3.05, 3.63) is 60.3 Å². The molecule has 0 atom stereocenters. The van der Waals surface area contributed by atoms with E-state index in [4.69, 9.17) is 0 Å². The standard InChI is InChI=1S/C18H19N3O/c1-21(2)15-8-6-14(7-9-15)20-12-13-5-10-17(22)18-16(13)4-3-11-19-18/h3-11,20,22H,12H2,1-2H3. The fourth-order valence-corrected chi connectivity index (χ4v) is 2.45. The number of aromatic nitrogens is 1. The van der Waals surface area contributed by atoms with E-state index in [-0.39, 0.29) is 5.75 Å². The van der Waals surface area contributed by atoms with Crippen molar-refractivity contribution in [2.45, 2.75) is 6.54 Å². The fourth-order valence-electron chi connectivity index (χ4n) is 2.45. The summed E-state index contributed by atoms with van der Waals surface area (Å²) >= 11 is 0. The van der Waals surface area contributed by atoms with E-state index in [1.54, 1.807) is 12.3 Å². The van der Waals surface area contributed by atoms with E-state index in [1.165, 1.54) is 5.69 Å². The molecular weight excluding hydrogens is 274 g/mol. The predicted octanol–water partition coefficient (Wildman–Crippen LogP) is 3.62. The molecule has 0 aliphatic rings. The van der Waals surface area contributed by atoms with Crippen LogP contribution in [0.3, 0.4) is 0 Å². The molecule has 4 nitrogen and oxygen atoms in total. The highest BCUT2D eigenvalue weighted by molar-refractivity contribution is 5.87. The smallest absolute Gasteiger partial charge is 0.141 e. The number of pyridine rings is 1. The molecule has 0 bridgehead atoms. The van der Waals surface area contributed by atoms with Crippen molar-refractivity contribution in [3.8, 4) is 5.75 Å². The van der Waals surface area contributed by atoms with E-state index in [2.05, 4.69) is 39.5 Å². The van der Waals surface area contributed by atoms with E-state index in [0.29, 0.717) is 12.1 Å². The van der Waals surface area contributed by atoms with Crippen molar-refractivity contribution in [3.63, 3.8) is 0 Å². The Morgan fingerprint density at radius 3 is 2.55 bits per heavy atom. The molecule has 2 N–H and O–H groups in total. The van der Waals surface area contributed by atoms with Gasteiger partial charge in [0.25, 0.3) is 0 Å². The zero-order valence-corrected chi connectivity index (χ0v) is 12.7. The Kier molecular flexibility index (Phi) is 3.83. The molecule has 112 valence electrons. The third kappa shape index (κ3) is 2.81. The predicted molar refractivity (Wildman–Crippen MR) is 91.5 cm³/mol. The van der Waals surface area contributed by atoms with Crippen molar-refractivity contribution in [1.29, 1.82) is 0 Å². The number of fused-ring (bicyclic) bond motifs is 1. The number of nitrogens with one attached hydrogen (secondary N) is 1. The average molecular weight is 293 g/mol. The van der Waals surface area contributed by atoms with Crippen LogP contribution in [0, 0.1) is 0 Å². The average Bonchev–Trinajstić information content (AvgIpc) is 2.55. The van der Waals surface area contributed by atoms with Gasteiger partial charge in [0.05, 0.1) is 0 Å².